The maximum atomic E-state index is 12.6. The Morgan fingerprint density at radius 3 is 2.77 bits per heavy atom. The van der Waals surface area contributed by atoms with Crippen molar-refractivity contribution < 1.29 is 14.3 Å². The molecule has 0 saturated heterocycles. The lowest BCUT2D eigenvalue weighted by molar-refractivity contribution is 0.0998. The maximum absolute atomic E-state index is 12.6. The van der Waals surface area contributed by atoms with Gasteiger partial charge < -0.3 is 14.0 Å². The Kier molecular flexibility index (Phi) is 4.23. The Balaban J connectivity index is 1.87. The van der Waals surface area contributed by atoms with Crippen LogP contribution in [0, 0.1) is 19.3 Å². The molecular weight excluding hydrogens is 348 g/mol. The number of carbonyl (C=O) groups excluding carboxylic acids is 1. The third kappa shape index (κ3) is 2.98. The van der Waals surface area contributed by atoms with Gasteiger partial charge in [-0.3, -0.25) is 4.79 Å². The highest BCUT2D eigenvalue weighted by atomic mass is 32.1. The van der Waals surface area contributed by atoms with Gasteiger partial charge in [0.1, 0.15) is 13.2 Å². The SMILES string of the molecule is C#CCn1c(=NC(=O)c2cccc(C)c2)sc2cc3c(cc21)OCCO3. The summed E-state index contributed by atoms with van der Waals surface area (Å²) in [6.07, 6.45) is 5.53. The third-order valence-electron chi connectivity index (χ3n) is 4.06. The zero-order valence-electron chi connectivity index (χ0n) is 14.2. The zero-order valence-corrected chi connectivity index (χ0v) is 15.0. The topological polar surface area (TPSA) is 52.8 Å². The molecule has 0 spiro atoms. The molecule has 6 heteroatoms. The Bertz CT molecular complexity index is 1120. The average molecular weight is 364 g/mol. The van der Waals surface area contributed by atoms with Gasteiger partial charge in [-0.1, -0.05) is 35.0 Å². The van der Waals surface area contributed by atoms with E-state index in [1.54, 1.807) is 6.07 Å². The van der Waals surface area contributed by atoms with E-state index in [2.05, 4.69) is 10.9 Å². The minimum absolute atomic E-state index is 0.289. The molecule has 1 aliphatic rings. The highest BCUT2D eigenvalue weighted by molar-refractivity contribution is 7.16. The van der Waals surface area contributed by atoms with Gasteiger partial charge in [-0.15, -0.1) is 6.42 Å². The summed E-state index contributed by atoms with van der Waals surface area (Å²) in [6, 6.07) is 11.2. The summed E-state index contributed by atoms with van der Waals surface area (Å²) >= 11 is 1.41. The van der Waals surface area contributed by atoms with Crippen LogP contribution in [0.15, 0.2) is 41.4 Å². The minimum Gasteiger partial charge on any atom is -0.486 e. The predicted molar refractivity (Wildman–Crippen MR) is 101 cm³/mol. The molecule has 0 radical (unpaired) electrons. The monoisotopic (exact) mass is 364 g/mol. The van der Waals surface area contributed by atoms with E-state index in [0.717, 1.165) is 15.8 Å². The molecular formula is C20H16N2O3S. The van der Waals surface area contributed by atoms with E-state index in [1.165, 1.54) is 11.3 Å². The number of terminal acetylenes is 1. The van der Waals surface area contributed by atoms with Crippen molar-refractivity contribution in [2.75, 3.05) is 13.2 Å². The summed E-state index contributed by atoms with van der Waals surface area (Å²) in [4.78, 5) is 17.5. The van der Waals surface area contributed by atoms with Gasteiger partial charge in [-0.05, 0) is 19.1 Å². The molecule has 0 saturated carbocycles. The lowest BCUT2D eigenvalue weighted by Crippen LogP contribution is -2.17. The first-order chi connectivity index (χ1) is 12.7. The molecule has 1 aromatic heterocycles. The van der Waals surface area contributed by atoms with E-state index in [4.69, 9.17) is 15.9 Å². The Morgan fingerprint density at radius 1 is 1.27 bits per heavy atom. The van der Waals surface area contributed by atoms with Gasteiger partial charge >= 0.3 is 0 Å². The van der Waals surface area contributed by atoms with Gasteiger partial charge in [0, 0.05) is 17.7 Å². The van der Waals surface area contributed by atoms with E-state index in [9.17, 15) is 4.79 Å². The molecule has 0 unspecified atom stereocenters. The van der Waals surface area contributed by atoms with Crippen molar-refractivity contribution in [3.8, 4) is 23.8 Å². The van der Waals surface area contributed by atoms with Crippen LogP contribution in [0.4, 0.5) is 0 Å². The second kappa shape index (κ2) is 6.70. The van der Waals surface area contributed by atoms with E-state index in [0.29, 0.717) is 41.6 Å². The summed E-state index contributed by atoms with van der Waals surface area (Å²) < 4.78 is 14.1. The number of aryl methyl sites for hydroxylation is 1. The molecule has 26 heavy (non-hydrogen) atoms. The smallest absolute Gasteiger partial charge is 0.279 e. The molecule has 0 atom stereocenters. The van der Waals surface area contributed by atoms with Crippen LogP contribution in [0.3, 0.4) is 0 Å². The molecule has 3 aromatic rings. The van der Waals surface area contributed by atoms with Gasteiger partial charge in [-0.2, -0.15) is 4.99 Å². The van der Waals surface area contributed by atoms with Crippen molar-refractivity contribution in [1.82, 2.24) is 4.57 Å². The van der Waals surface area contributed by atoms with Gasteiger partial charge in [-0.25, -0.2) is 0 Å². The molecule has 1 aliphatic heterocycles. The summed E-state index contributed by atoms with van der Waals surface area (Å²) in [5.74, 6) is 3.73. The largest absolute Gasteiger partial charge is 0.486 e. The summed E-state index contributed by atoms with van der Waals surface area (Å²) in [6.45, 7) is 3.30. The Morgan fingerprint density at radius 2 is 2.04 bits per heavy atom. The highest BCUT2D eigenvalue weighted by Crippen LogP contribution is 2.35. The number of fused-ring (bicyclic) bond motifs is 2. The van der Waals surface area contributed by atoms with E-state index < -0.39 is 0 Å². The zero-order chi connectivity index (χ0) is 18.1. The quantitative estimate of drug-likeness (QED) is 0.657. The first kappa shape index (κ1) is 16.4. The first-order valence-electron chi connectivity index (χ1n) is 8.18. The van der Waals surface area contributed by atoms with E-state index >= 15 is 0 Å². The fourth-order valence-corrected chi connectivity index (χ4v) is 3.90. The maximum Gasteiger partial charge on any atom is 0.279 e. The molecule has 1 amide bonds. The Labute approximate surface area is 154 Å². The summed E-state index contributed by atoms with van der Waals surface area (Å²) in [5, 5.41) is 0. The predicted octanol–water partition coefficient (Wildman–Crippen LogP) is 3.16. The van der Waals surface area contributed by atoms with Crippen molar-refractivity contribution in [1.29, 1.82) is 0 Å². The van der Waals surface area contributed by atoms with Gasteiger partial charge in [0.15, 0.2) is 16.3 Å². The van der Waals surface area contributed by atoms with Crippen molar-refractivity contribution in [2.45, 2.75) is 13.5 Å². The van der Waals surface area contributed by atoms with Crippen molar-refractivity contribution in [3.05, 3.63) is 52.3 Å². The van der Waals surface area contributed by atoms with Crippen LogP contribution in [0.1, 0.15) is 15.9 Å². The fourth-order valence-electron chi connectivity index (χ4n) is 2.87. The lowest BCUT2D eigenvalue weighted by Gasteiger charge is -2.18. The molecule has 0 aliphatic carbocycles. The van der Waals surface area contributed by atoms with Crippen LogP contribution in [0.2, 0.25) is 0 Å². The van der Waals surface area contributed by atoms with E-state index in [-0.39, 0.29) is 5.91 Å². The van der Waals surface area contributed by atoms with Crippen LogP contribution in [0.25, 0.3) is 10.2 Å². The molecule has 0 bridgehead atoms. The lowest BCUT2D eigenvalue weighted by atomic mass is 10.1. The average Bonchev–Trinajstić information content (AvgIpc) is 2.96. The second-order valence-electron chi connectivity index (χ2n) is 5.92. The number of hydrogen-bond acceptors (Lipinski definition) is 4. The fraction of sp³-hybridized carbons (Fsp3) is 0.200. The molecule has 5 nitrogen and oxygen atoms in total. The van der Waals surface area contributed by atoms with Crippen molar-refractivity contribution in [2.24, 2.45) is 4.99 Å². The number of thiazole rings is 1. The van der Waals surface area contributed by atoms with Gasteiger partial charge in [0.05, 0.1) is 16.8 Å². The molecule has 2 heterocycles. The van der Waals surface area contributed by atoms with Crippen molar-refractivity contribution >= 4 is 27.5 Å². The number of aromatic nitrogens is 1. The molecule has 130 valence electrons. The highest BCUT2D eigenvalue weighted by Gasteiger charge is 2.16. The number of amides is 1. The molecule has 2 aromatic carbocycles. The van der Waals surface area contributed by atoms with Gasteiger partial charge in [0.25, 0.3) is 5.91 Å². The first-order valence-corrected chi connectivity index (χ1v) is 8.99. The normalized spacial score (nSPS) is 13.6. The van der Waals surface area contributed by atoms with E-state index in [1.807, 2.05) is 41.8 Å². The third-order valence-corrected chi connectivity index (χ3v) is 5.10. The molecule has 0 N–H and O–H groups in total. The summed E-state index contributed by atoms with van der Waals surface area (Å²) in [5.41, 5.74) is 2.45. The minimum atomic E-state index is -0.289. The summed E-state index contributed by atoms with van der Waals surface area (Å²) in [7, 11) is 0. The number of rotatable bonds is 2. The van der Waals surface area contributed by atoms with Gasteiger partial charge in [0.2, 0.25) is 0 Å². The van der Waals surface area contributed by atoms with Crippen LogP contribution in [-0.4, -0.2) is 23.7 Å². The molecule has 4 rings (SSSR count). The Hall–Kier alpha value is -3.04. The number of benzene rings is 2. The van der Waals surface area contributed by atoms with Crippen LogP contribution in [0.5, 0.6) is 11.5 Å². The molecule has 0 fully saturated rings. The number of nitrogens with zero attached hydrogens (tertiary/aromatic N) is 2. The van der Waals surface area contributed by atoms with Crippen LogP contribution in [-0.2, 0) is 6.54 Å². The standard InChI is InChI=1S/C20H16N2O3S/c1-3-7-22-15-11-16-17(25-9-8-24-16)12-18(15)26-20(22)21-19(23)14-6-4-5-13(2)10-14/h1,4-6,10-12H,7-9H2,2H3. The van der Waals surface area contributed by atoms with Crippen LogP contribution >= 0.6 is 11.3 Å². The number of carbonyl (C=O) groups is 1. The second-order valence-corrected chi connectivity index (χ2v) is 6.93. The number of ether oxygens (including phenoxy) is 2. The number of hydrogen-bond donors (Lipinski definition) is 0. The van der Waals surface area contributed by atoms with Crippen molar-refractivity contribution in [3.63, 3.8) is 0 Å². The van der Waals surface area contributed by atoms with Crippen LogP contribution < -0.4 is 14.3 Å².